The standard InChI is InChI=1S/C27H36N4O2S2/c1-5-11-30-24(29-15-17(2)12-18(3)16-29)21(19(4)22(14-28)25(30)32)13-23-26(33)31(27(34)35-23)20-9-7-6-8-10-20/h13,17-18,20H,5-12,15-16H2,1-4H3/b23-13-. The molecule has 8 heteroatoms. The Morgan fingerprint density at radius 3 is 2.40 bits per heavy atom. The Bertz CT molecular complexity index is 1130. The van der Waals surface area contributed by atoms with Gasteiger partial charge in [-0.1, -0.05) is 64.0 Å². The Balaban J connectivity index is 1.86. The summed E-state index contributed by atoms with van der Waals surface area (Å²) in [4.78, 5) is 31.7. The molecule has 1 aromatic heterocycles. The fourth-order valence-electron chi connectivity index (χ4n) is 6.02. The van der Waals surface area contributed by atoms with Crippen molar-refractivity contribution in [3.63, 3.8) is 0 Å². The molecule has 1 aromatic rings. The van der Waals surface area contributed by atoms with Crippen LogP contribution in [0.25, 0.3) is 6.08 Å². The first-order valence-electron chi connectivity index (χ1n) is 13.0. The molecule has 0 spiro atoms. The number of rotatable bonds is 5. The highest BCUT2D eigenvalue weighted by Gasteiger charge is 2.38. The van der Waals surface area contributed by atoms with E-state index in [1.165, 1.54) is 18.2 Å². The van der Waals surface area contributed by atoms with E-state index in [2.05, 4.69) is 24.8 Å². The molecule has 3 aliphatic rings. The normalized spacial score (nSPS) is 24.9. The van der Waals surface area contributed by atoms with Crippen molar-refractivity contribution in [2.75, 3.05) is 18.0 Å². The van der Waals surface area contributed by atoms with E-state index in [0.29, 0.717) is 33.2 Å². The van der Waals surface area contributed by atoms with Gasteiger partial charge in [-0.05, 0) is 56.1 Å². The number of nitriles is 1. The van der Waals surface area contributed by atoms with Gasteiger partial charge in [0, 0.05) is 31.2 Å². The SMILES string of the molecule is CCCn1c(N2CC(C)CC(C)C2)c(/C=C2\SC(=S)N(C3CCCCC3)C2=O)c(C)c(C#N)c1=O. The third kappa shape index (κ3) is 5.08. The molecule has 0 N–H and O–H groups in total. The smallest absolute Gasteiger partial charge is 0.270 e. The number of nitrogens with zero attached hydrogens (tertiary/aromatic N) is 4. The van der Waals surface area contributed by atoms with E-state index in [1.54, 1.807) is 4.57 Å². The van der Waals surface area contributed by atoms with Crippen molar-refractivity contribution in [2.45, 2.75) is 85.2 Å². The van der Waals surface area contributed by atoms with Gasteiger partial charge < -0.3 is 4.90 Å². The van der Waals surface area contributed by atoms with E-state index >= 15 is 0 Å². The van der Waals surface area contributed by atoms with Gasteiger partial charge in [-0.15, -0.1) is 0 Å². The first-order valence-corrected chi connectivity index (χ1v) is 14.2. The van der Waals surface area contributed by atoms with Crippen LogP contribution in [-0.2, 0) is 11.3 Å². The van der Waals surface area contributed by atoms with Crippen LogP contribution in [0.15, 0.2) is 9.70 Å². The molecule has 1 amide bonds. The van der Waals surface area contributed by atoms with Crippen LogP contribution in [0, 0.1) is 30.1 Å². The van der Waals surface area contributed by atoms with Crippen molar-refractivity contribution >= 4 is 46.1 Å². The molecule has 0 bridgehead atoms. The van der Waals surface area contributed by atoms with Gasteiger partial charge in [-0.3, -0.25) is 19.1 Å². The Morgan fingerprint density at radius 2 is 1.80 bits per heavy atom. The molecule has 2 saturated heterocycles. The highest BCUT2D eigenvalue weighted by molar-refractivity contribution is 8.26. The van der Waals surface area contributed by atoms with Gasteiger partial charge in [0.05, 0.1) is 4.91 Å². The van der Waals surface area contributed by atoms with E-state index in [9.17, 15) is 14.9 Å². The van der Waals surface area contributed by atoms with Crippen LogP contribution < -0.4 is 10.5 Å². The topological polar surface area (TPSA) is 69.3 Å². The summed E-state index contributed by atoms with van der Waals surface area (Å²) < 4.78 is 2.39. The molecule has 2 aliphatic heterocycles. The van der Waals surface area contributed by atoms with Crippen LogP contribution in [0.5, 0.6) is 0 Å². The number of pyridine rings is 1. The molecule has 4 rings (SSSR count). The van der Waals surface area contributed by atoms with Crippen LogP contribution in [0.4, 0.5) is 5.82 Å². The number of piperidine rings is 1. The van der Waals surface area contributed by atoms with Gasteiger partial charge in [0.1, 0.15) is 21.8 Å². The van der Waals surface area contributed by atoms with E-state index in [0.717, 1.165) is 63.0 Å². The lowest BCUT2D eigenvalue weighted by Gasteiger charge is -2.39. The lowest BCUT2D eigenvalue weighted by atomic mass is 9.91. The monoisotopic (exact) mass is 512 g/mol. The zero-order valence-corrected chi connectivity index (χ0v) is 22.9. The van der Waals surface area contributed by atoms with Gasteiger partial charge in [-0.2, -0.15) is 5.26 Å². The van der Waals surface area contributed by atoms with Crippen LogP contribution in [0.3, 0.4) is 0 Å². The fraction of sp³-hybridized carbons (Fsp3) is 0.630. The minimum atomic E-state index is -0.236. The third-order valence-electron chi connectivity index (χ3n) is 7.50. The van der Waals surface area contributed by atoms with Gasteiger partial charge >= 0.3 is 0 Å². The third-order valence-corrected chi connectivity index (χ3v) is 8.83. The Kier molecular flexibility index (Phi) is 8.07. The van der Waals surface area contributed by atoms with E-state index in [1.807, 2.05) is 24.8 Å². The summed E-state index contributed by atoms with van der Waals surface area (Å²) in [5.74, 6) is 1.80. The molecule has 188 valence electrons. The van der Waals surface area contributed by atoms with E-state index < -0.39 is 0 Å². The highest BCUT2D eigenvalue weighted by atomic mass is 32.2. The second kappa shape index (κ2) is 10.9. The molecule has 0 aromatic carbocycles. The minimum absolute atomic E-state index is 0.0376. The molecule has 1 saturated carbocycles. The number of hydrogen-bond acceptors (Lipinski definition) is 6. The zero-order valence-electron chi connectivity index (χ0n) is 21.3. The number of aromatic nitrogens is 1. The van der Waals surface area contributed by atoms with E-state index in [-0.39, 0.29) is 23.1 Å². The van der Waals surface area contributed by atoms with Crippen molar-refractivity contribution in [3.05, 3.63) is 31.9 Å². The number of thioether (sulfide) groups is 1. The molecule has 1 aliphatic carbocycles. The molecule has 2 unspecified atom stereocenters. The van der Waals surface area contributed by atoms with Crippen molar-refractivity contribution in [1.29, 1.82) is 5.26 Å². The maximum Gasteiger partial charge on any atom is 0.270 e. The highest BCUT2D eigenvalue weighted by Crippen LogP contribution is 2.40. The molecule has 35 heavy (non-hydrogen) atoms. The number of anilines is 1. The number of carbonyl (C=O) groups is 1. The van der Waals surface area contributed by atoms with Crippen LogP contribution in [0.2, 0.25) is 0 Å². The van der Waals surface area contributed by atoms with Crippen molar-refractivity contribution in [1.82, 2.24) is 9.47 Å². The van der Waals surface area contributed by atoms with Crippen LogP contribution >= 0.6 is 24.0 Å². The van der Waals surface area contributed by atoms with Crippen LogP contribution in [-0.4, -0.2) is 38.8 Å². The summed E-state index contributed by atoms with van der Waals surface area (Å²) in [6, 6.07) is 2.32. The van der Waals surface area contributed by atoms with Crippen LogP contribution in [0.1, 0.15) is 82.4 Å². The maximum atomic E-state index is 13.6. The molecule has 6 nitrogen and oxygen atoms in total. The molecular weight excluding hydrogens is 476 g/mol. The second-order valence-electron chi connectivity index (χ2n) is 10.5. The lowest BCUT2D eigenvalue weighted by molar-refractivity contribution is -0.124. The number of amides is 1. The number of carbonyl (C=O) groups excluding carboxylic acids is 1. The predicted molar refractivity (Wildman–Crippen MR) is 147 cm³/mol. The molecule has 3 heterocycles. The molecule has 2 atom stereocenters. The van der Waals surface area contributed by atoms with Crippen molar-refractivity contribution < 1.29 is 4.79 Å². The largest absolute Gasteiger partial charge is 0.357 e. The van der Waals surface area contributed by atoms with Gasteiger partial charge in [0.15, 0.2) is 0 Å². The molecule has 3 fully saturated rings. The Hall–Kier alpha value is -2.11. The number of thiocarbonyl (C=S) groups is 1. The Morgan fingerprint density at radius 1 is 1.14 bits per heavy atom. The summed E-state index contributed by atoms with van der Waals surface area (Å²) in [5.41, 5.74) is 1.38. The average Bonchev–Trinajstić information content (AvgIpc) is 3.10. The quantitative estimate of drug-likeness (QED) is 0.386. The molecule has 0 radical (unpaired) electrons. The fourth-order valence-corrected chi connectivity index (χ4v) is 7.40. The van der Waals surface area contributed by atoms with Gasteiger partial charge in [0.25, 0.3) is 11.5 Å². The maximum absolute atomic E-state index is 13.6. The number of hydrogen-bond donors (Lipinski definition) is 0. The molecular formula is C27H36N4O2S2. The first kappa shape index (κ1) is 26.0. The van der Waals surface area contributed by atoms with Crippen molar-refractivity contribution in [3.8, 4) is 6.07 Å². The first-order chi connectivity index (χ1) is 16.8. The van der Waals surface area contributed by atoms with E-state index in [4.69, 9.17) is 12.2 Å². The van der Waals surface area contributed by atoms with Gasteiger partial charge in [0.2, 0.25) is 0 Å². The summed E-state index contributed by atoms with van der Waals surface area (Å²) in [6.45, 7) is 10.6. The summed E-state index contributed by atoms with van der Waals surface area (Å²) in [6.07, 6.45) is 9.30. The Labute approximate surface area is 218 Å². The minimum Gasteiger partial charge on any atom is -0.357 e. The van der Waals surface area contributed by atoms with Crippen molar-refractivity contribution in [2.24, 2.45) is 11.8 Å². The average molecular weight is 513 g/mol. The second-order valence-corrected chi connectivity index (χ2v) is 12.2. The summed E-state index contributed by atoms with van der Waals surface area (Å²) >= 11 is 7.01. The zero-order chi connectivity index (χ0) is 25.3. The summed E-state index contributed by atoms with van der Waals surface area (Å²) in [7, 11) is 0. The van der Waals surface area contributed by atoms with Gasteiger partial charge in [-0.25, -0.2) is 0 Å². The lowest BCUT2D eigenvalue weighted by Crippen LogP contribution is -2.43. The summed E-state index contributed by atoms with van der Waals surface area (Å²) in [5, 5.41) is 9.87. The predicted octanol–water partition coefficient (Wildman–Crippen LogP) is 5.45.